The highest BCUT2D eigenvalue weighted by atomic mass is 16.5. The zero-order chi connectivity index (χ0) is 14.0. The van der Waals surface area contributed by atoms with E-state index in [0.717, 1.165) is 24.8 Å². The number of rotatable bonds is 6. The Labute approximate surface area is 112 Å². The molecular formula is C16H28O2. The third kappa shape index (κ3) is 5.65. The Morgan fingerprint density at radius 2 is 2.06 bits per heavy atom. The molecule has 0 aromatic heterocycles. The Kier molecular flexibility index (Phi) is 9.62. The summed E-state index contributed by atoms with van der Waals surface area (Å²) in [5.74, 6) is 0.424. The summed E-state index contributed by atoms with van der Waals surface area (Å²) in [6.45, 7) is 13.8. The Morgan fingerprint density at radius 3 is 2.50 bits per heavy atom. The first-order valence-electron chi connectivity index (χ1n) is 6.92. The van der Waals surface area contributed by atoms with E-state index in [1.807, 2.05) is 32.9 Å². The van der Waals surface area contributed by atoms with E-state index in [2.05, 4.69) is 13.2 Å². The minimum atomic E-state index is 0.0537. The SMILES string of the molecule is C=C/C=C(\C=C)C(C)O[C@H]1CC[C@@H](CO)C1.CC. The van der Waals surface area contributed by atoms with Crippen LogP contribution in [0.1, 0.15) is 40.0 Å². The van der Waals surface area contributed by atoms with E-state index in [1.165, 1.54) is 0 Å². The molecule has 1 rings (SSSR count). The van der Waals surface area contributed by atoms with Gasteiger partial charge < -0.3 is 9.84 Å². The van der Waals surface area contributed by atoms with Crippen molar-refractivity contribution >= 4 is 0 Å². The van der Waals surface area contributed by atoms with E-state index in [4.69, 9.17) is 9.84 Å². The lowest BCUT2D eigenvalue weighted by atomic mass is 10.1. The summed E-state index contributed by atoms with van der Waals surface area (Å²) in [4.78, 5) is 0. The Bertz CT molecular complexity index is 268. The van der Waals surface area contributed by atoms with Crippen molar-refractivity contribution in [2.75, 3.05) is 6.61 Å². The second kappa shape index (κ2) is 10.1. The van der Waals surface area contributed by atoms with Crippen LogP contribution in [-0.4, -0.2) is 23.9 Å². The summed E-state index contributed by atoms with van der Waals surface area (Å²) in [6.07, 6.45) is 8.91. The van der Waals surface area contributed by atoms with Gasteiger partial charge in [0.1, 0.15) is 0 Å². The van der Waals surface area contributed by atoms with E-state index in [1.54, 1.807) is 6.08 Å². The van der Waals surface area contributed by atoms with Crippen molar-refractivity contribution < 1.29 is 9.84 Å². The monoisotopic (exact) mass is 252 g/mol. The molecule has 1 N–H and O–H groups in total. The van der Waals surface area contributed by atoms with Gasteiger partial charge in [-0.25, -0.2) is 0 Å². The van der Waals surface area contributed by atoms with Gasteiger partial charge in [-0.1, -0.05) is 45.2 Å². The maximum atomic E-state index is 9.06. The third-order valence-corrected chi connectivity index (χ3v) is 3.16. The lowest BCUT2D eigenvalue weighted by Crippen LogP contribution is -2.19. The van der Waals surface area contributed by atoms with Crippen molar-refractivity contribution in [3.63, 3.8) is 0 Å². The van der Waals surface area contributed by atoms with Gasteiger partial charge in [0, 0.05) is 6.61 Å². The molecule has 1 aliphatic carbocycles. The number of hydrogen-bond acceptors (Lipinski definition) is 2. The summed E-state index contributed by atoms with van der Waals surface area (Å²) in [5, 5.41) is 9.06. The van der Waals surface area contributed by atoms with Crippen LogP contribution in [0.25, 0.3) is 0 Å². The smallest absolute Gasteiger partial charge is 0.0800 e. The van der Waals surface area contributed by atoms with Crippen molar-refractivity contribution in [3.05, 3.63) is 37.0 Å². The summed E-state index contributed by atoms with van der Waals surface area (Å²) in [7, 11) is 0. The first kappa shape index (κ1) is 17.1. The van der Waals surface area contributed by atoms with Crippen molar-refractivity contribution in [1.82, 2.24) is 0 Å². The summed E-state index contributed by atoms with van der Waals surface area (Å²) in [6, 6.07) is 0. The van der Waals surface area contributed by atoms with Crippen LogP contribution in [0, 0.1) is 5.92 Å². The molecule has 104 valence electrons. The van der Waals surface area contributed by atoms with Gasteiger partial charge in [-0.05, 0) is 37.7 Å². The van der Waals surface area contributed by atoms with Crippen LogP contribution in [0.2, 0.25) is 0 Å². The topological polar surface area (TPSA) is 29.5 Å². The molecule has 0 aromatic carbocycles. The molecule has 18 heavy (non-hydrogen) atoms. The van der Waals surface area contributed by atoms with Crippen LogP contribution in [0.5, 0.6) is 0 Å². The second-order valence-corrected chi connectivity index (χ2v) is 4.37. The molecule has 1 saturated carbocycles. The highest BCUT2D eigenvalue weighted by Crippen LogP contribution is 2.29. The largest absolute Gasteiger partial charge is 0.396 e. The number of aliphatic hydroxyl groups excluding tert-OH is 1. The lowest BCUT2D eigenvalue weighted by Gasteiger charge is -2.19. The van der Waals surface area contributed by atoms with Gasteiger partial charge >= 0.3 is 0 Å². The fourth-order valence-corrected chi connectivity index (χ4v) is 2.19. The van der Waals surface area contributed by atoms with Gasteiger partial charge in [0.05, 0.1) is 12.2 Å². The standard InChI is InChI=1S/C14H22O2.C2H6/c1-4-6-13(5-2)11(3)16-14-8-7-12(9-14)10-15;1-2/h4-6,11-12,14-15H,1-2,7-10H2,3H3;1-2H3/b13-6+;/t11?,12-,14+;/m1./s1. The van der Waals surface area contributed by atoms with Gasteiger partial charge in [-0.3, -0.25) is 0 Å². The summed E-state index contributed by atoms with van der Waals surface area (Å²) >= 11 is 0. The zero-order valence-corrected chi connectivity index (χ0v) is 12.1. The number of aliphatic hydroxyl groups is 1. The van der Waals surface area contributed by atoms with Crippen molar-refractivity contribution in [2.24, 2.45) is 5.92 Å². The molecule has 2 heteroatoms. The number of ether oxygens (including phenoxy) is 1. The molecule has 0 heterocycles. The molecule has 3 atom stereocenters. The normalized spacial score (nSPS) is 25.0. The molecule has 0 bridgehead atoms. The molecule has 0 saturated heterocycles. The van der Waals surface area contributed by atoms with Gasteiger partial charge in [-0.2, -0.15) is 0 Å². The highest BCUT2D eigenvalue weighted by molar-refractivity contribution is 5.24. The number of allylic oxidation sites excluding steroid dienone is 2. The molecule has 0 spiro atoms. The maximum absolute atomic E-state index is 9.06. The highest BCUT2D eigenvalue weighted by Gasteiger charge is 2.26. The fraction of sp³-hybridized carbons (Fsp3) is 0.625. The first-order valence-corrected chi connectivity index (χ1v) is 6.92. The maximum Gasteiger partial charge on any atom is 0.0800 e. The fourth-order valence-electron chi connectivity index (χ4n) is 2.19. The first-order chi connectivity index (χ1) is 8.71. The molecule has 0 aromatic rings. The van der Waals surface area contributed by atoms with Crippen molar-refractivity contribution in [1.29, 1.82) is 0 Å². The van der Waals surface area contributed by atoms with E-state index in [-0.39, 0.29) is 18.8 Å². The van der Waals surface area contributed by atoms with Crippen LogP contribution in [-0.2, 0) is 4.74 Å². The Morgan fingerprint density at radius 1 is 1.39 bits per heavy atom. The zero-order valence-electron chi connectivity index (χ0n) is 12.1. The van der Waals surface area contributed by atoms with Gasteiger partial charge in [0.15, 0.2) is 0 Å². The quantitative estimate of drug-likeness (QED) is 0.727. The Balaban J connectivity index is 0.00000137. The molecule has 1 aliphatic rings. The van der Waals surface area contributed by atoms with E-state index in [0.29, 0.717) is 5.92 Å². The molecule has 0 radical (unpaired) electrons. The average molecular weight is 252 g/mol. The molecule has 1 fully saturated rings. The summed E-state index contributed by atoms with van der Waals surface area (Å²) in [5.41, 5.74) is 1.06. The van der Waals surface area contributed by atoms with Crippen LogP contribution in [0.4, 0.5) is 0 Å². The predicted molar refractivity (Wildman–Crippen MR) is 78.6 cm³/mol. The third-order valence-electron chi connectivity index (χ3n) is 3.16. The van der Waals surface area contributed by atoms with Crippen molar-refractivity contribution in [2.45, 2.75) is 52.2 Å². The summed E-state index contributed by atoms with van der Waals surface area (Å²) < 4.78 is 5.95. The minimum absolute atomic E-state index is 0.0537. The minimum Gasteiger partial charge on any atom is -0.396 e. The molecule has 0 amide bonds. The van der Waals surface area contributed by atoms with E-state index >= 15 is 0 Å². The number of hydrogen-bond donors (Lipinski definition) is 1. The molecule has 0 aliphatic heterocycles. The lowest BCUT2D eigenvalue weighted by molar-refractivity contribution is 0.0192. The molecule has 1 unspecified atom stereocenters. The average Bonchev–Trinajstić information content (AvgIpc) is 2.85. The van der Waals surface area contributed by atoms with E-state index in [9.17, 15) is 0 Å². The van der Waals surface area contributed by atoms with Crippen LogP contribution < -0.4 is 0 Å². The van der Waals surface area contributed by atoms with Crippen molar-refractivity contribution in [3.8, 4) is 0 Å². The van der Waals surface area contributed by atoms with Gasteiger partial charge in [-0.15, -0.1) is 0 Å². The molecule has 2 nitrogen and oxygen atoms in total. The second-order valence-electron chi connectivity index (χ2n) is 4.37. The van der Waals surface area contributed by atoms with Gasteiger partial charge in [0.2, 0.25) is 0 Å². The van der Waals surface area contributed by atoms with Crippen LogP contribution in [0.3, 0.4) is 0 Å². The Hall–Kier alpha value is -0.860. The van der Waals surface area contributed by atoms with Crippen LogP contribution in [0.15, 0.2) is 37.0 Å². The van der Waals surface area contributed by atoms with E-state index < -0.39 is 0 Å². The van der Waals surface area contributed by atoms with Gasteiger partial charge in [0.25, 0.3) is 0 Å². The molecular weight excluding hydrogens is 224 g/mol. The van der Waals surface area contributed by atoms with Crippen LogP contribution >= 0.6 is 0 Å². The predicted octanol–water partition coefficient (Wildman–Crippen LogP) is 3.88.